The number of methoxy groups -OCH3 is 1. The Balaban J connectivity index is 1.84. The average Bonchev–Trinajstić information content (AvgIpc) is 3.22. The number of ketones is 1. The van der Waals surface area contributed by atoms with E-state index in [4.69, 9.17) is 4.74 Å². The minimum Gasteiger partial charge on any atom is -0.496 e. The minimum atomic E-state index is -0.651. The average molecular weight is 352 g/mol. The highest BCUT2D eigenvalue weighted by Crippen LogP contribution is 2.58. The molecule has 0 aromatic heterocycles. The summed E-state index contributed by atoms with van der Waals surface area (Å²) >= 11 is 0. The second-order valence-corrected chi connectivity index (χ2v) is 7.24. The van der Waals surface area contributed by atoms with Gasteiger partial charge in [0, 0.05) is 11.1 Å². The molecule has 0 saturated heterocycles. The third kappa shape index (κ3) is 2.16. The molecular formula is C25H20O2. The number of carbonyl (C=O) groups excluding carboxylic acids is 1. The van der Waals surface area contributed by atoms with E-state index in [-0.39, 0.29) is 5.78 Å². The highest BCUT2D eigenvalue weighted by Gasteiger charge is 2.55. The van der Waals surface area contributed by atoms with E-state index in [1.165, 1.54) is 5.56 Å². The van der Waals surface area contributed by atoms with Gasteiger partial charge in [-0.15, -0.1) is 0 Å². The fourth-order valence-electron chi connectivity index (χ4n) is 4.80. The maximum absolute atomic E-state index is 13.8. The van der Waals surface area contributed by atoms with Crippen molar-refractivity contribution in [2.75, 3.05) is 7.11 Å². The fraction of sp³-hybridized carbons (Fsp3) is 0.160. The first-order valence-corrected chi connectivity index (χ1v) is 9.33. The first kappa shape index (κ1) is 16.1. The van der Waals surface area contributed by atoms with Crippen LogP contribution in [0.1, 0.15) is 39.0 Å². The third-order valence-electron chi connectivity index (χ3n) is 5.95. The molecule has 27 heavy (non-hydrogen) atoms. The zero-order chi connectivity index (χ0) is 18.4. The summed E-state index contributed by atoms with van der Waals surface area (Å²) in [5.74, 6) is 1.01. The van der Waals surface area contributed by atoms with Crippen molar-refractivity contribution in [3.63, 3.8) is 0 Å². The molecule has 0 N–H and O–H groups in total. The summed E-state index contributed by atoms with van der Waals surface area (Å²) in [4.78, 5) is 13.8. The molecule has 2 aliphatic carbocycles. The molecule has 2 heteroatoms. The lowest BCUT2D eigenvalue weighted by molar-refractivity contribution is 0.0932. The molecule has 0 aliphatic heterocycles. The van der Waals surface area contributed by atoms with Crippen LogP contribution in [-0.2, 0) is 11.8 Å². The van der Waals surface area contributed by atoms with Gasteiger partial charge >= 0.3 is 0 Å². The normalized spacial score (nSPS) is 21.5. The van der Waals surface area contributed by atoms with Crippen LogP contribution in [0.5, 0.6) is 5.75 Å². The number of ether oxygens (including phenoxy) is 1. The first-order valence-electron chi connectivity index (χ1n) is 9.33. The molecule has 2 aliphatic rings. The minimum absolute atomic E-state index is 0.198. The van der Waals surface area contributed by atoms with Crippen LogP contribution in [0, 0.1) is 0 Å². The molecular weight excluding hydrogens is 332 g/mol. The van der Waals surface area contributed by atoms with Gasteiger partial charge in [-0.2, -0.15) is 0 Å². The number of aryl methyl sites for hydroxylation is 1. The molecule has 1 atom stereocenters. The van der Waals surface area contributed by atoms with E-state index in [1.54, 1.807) is 7.11 Å². The molecule has 0 fully saturated rings. The summed E-state index contributed by atoms with van der Waals surface area (Å²) in [7, 11) is 1.69. The SMILES string of the molecule is COc1cccc2c1C1(CC2)C(=O)c2ccccc2C1=Cc1ccccc1. The maximum atomic E-state index is 13.8. The molecule has 0 amide bonds. The lowest BCUT2D eigenvalue weighted by Crippen LogP contribution is -2.30. The van der Waals surface area contributed by atoms with Crippen molar-refractivity contribution in [2.45, 2.75) is 18.3 Å². The van der Waals surface area contributed by atoms with Crippen LogP contribution in [0.2, 0.25) is 0 Å². The largest absolute Gasteiger partial charge is 0.496 e. The van der Waals surface area contributed by atoms with Crippen molar-refractivity contribution in [2.24, 2.45) is 0 Å². The van der Waals surface area contributed by atoms with Crippen LogP contribution in [0.3, 0.4) is 0 Å². The zero-order valence-corrected chi connectivity index (χ0v) is 15.2. The smallest absolute Gasteiger partial charge is 0.178 e. The number of allylic oxidation sites excluding steroid dienone is 1. The fourth-order valence-corrected chi connectivity index (χ4v) is 4.80. The van der Waals surface area contributed by atoms with E-state index in [0.29, 0.717) is 0 Å². The molecule has 132 valence electrons. The molecule has 0 radical (unpaired) electrons. The van der Waals surface area contributed by atoms with Crippen molar-refractivity contribution in [3.8, 4) is 5.75 Å². The lowest BCUT2D eigenvalue weighted by atomic mass is 9.73. The van der Waals surface area contributed by atoms with Gasteiger partial charge in [-0.1, -0.05) is 66.7 Å². The molecule has 1 unspecified atom stereocenters. The van der Waals surface area contributed by atoms with Gasteiger partial charge in [-0.25, -0.2) is 0 Å². The highest BCUT2D eigenvalue weighted by molar-refractivity contribution is 6.24. The second kappa shape index (κ2) is 5.95. The highest BCUT2D eigenvalue weighted by atomic mass is 16.5. The Bertz CT molecular complexity index is 1080. The molecule has 1 spiro atoms. The standard InChI is InChI=1S/C25H20O2/c1-27-22-13-7-10-18-14-15-25(23(18)22)21(16-17-8-3-2-4-9-17)19-11-5-6-12-20(19)24(25)26/h2-13,16H,14-15H2,1H3. The summed E-state index contributed by atoms with van der Waals surface area (Å²) in [6, 6.07) is 24.4. The number of fused-ring (bicyclic) bond motifs is 3. The van der Waals surface area contributed by atoms with Crippen molar-refractivity contribution in [1.82, 2.24) is 0 Å². The summed E-state index contributed by atoms with van der Waals surface area (Å²) in [5.41, 5.74) is 5.69. The molecule has 0 heterocycles. The first-order chi connectivity index (χ1) is 13.3. The second-order valence-electron chi connectivity index (χ2n) is 7.24. The van der Waals surface area contributed by atoms with Crippen LogP contribution in [-0.4, -0.2) is 12.9 Å². The number of carbonyl (C=O) groups is 1. The molecule has 0 saturated carbocycles. The van der Waals surface area contributed by atoms with E-state index in [9.17, 15) is 4.79 Å². The van der Waals surface area contributed by atoms with Gasteiger partial charge in [0.15, 0.2) is 5.78 Å². The predicted octanol–water partition coefficient (Wildman–Crippen LogP) is 5.32. The van der Waals surface area contributed by atoms with Gasteiger partial charge in [0.2, 0.25) is 0 Å². The Morgan fingerprint density at radius 2 is 1.63 bits per heavy atom. The van der Waals surface area contributed by atoms with Crippen LogP contribution >= 0.6 is 0 Å². The maximum Gasteiger partial charge on any atom is 0.178 e. The Morgan fingerprint density at radius 3 is 2.41 bits per heavy atom. The van der Waals surface area contributed by atoms with Crippen molar-refractivity contribution < 1.29 is 9.53 Å². The molecule has 2 nitrogen and oxygen atoms in total. The van der Waals surface area contributed by atoms with Gasteiger partial charge in [0.05, 0.1) is 12.5 Å². The number of hydrogen-bond donors (Lipinski definition) is 0. The van der Waals surface area contributed by atoms with Crippen LogP contribution in [0.4, 0.5) is 0 Å². The van der Waals surface area contributed by atoms with Gasteiger partial charge < -0.3 is 4.74 Å². The van der Waals surface area contributed by atoms with Gasteiger partial charge in [-0.3, -0.25) is 4.79 Å². The van der Waals surface area contributed by atoms with E-state index in [0.717, 1.165) is 46.4 Å². The Hall–Kier alpha value is -3.13. The topological polar surface area (TPSA) is 26.3 Å². The zero-order valence-electron chi connectivity index (χ0n) is 15.2. The van der Waals surface area contributed by atoms with Crippen molar-refractivity contribution >= 4 is 17.4 Å². The van der Waals surface area contributed by atoms with Crippen LogP contribution in [0.15, 0.2) is 72.8 Å². The number of Topliss-reactive ketones (excluding diaryl/α,β-unsaturated/α-hetero) is 1. The summed E-state index contributed by atoms with van der Waals surface area (Å²) < 4.78 is 5.71. The predicted molar refractivity (Wildman–Crippen MR) is 108 cm³/mol. The molecule has 5 rings (SSSR count). The van der Waals surface area contributed by atoms with Crippen LogP contribution < -0.4 is 4.74 Å². The monoisotopic (exact) mass is 352 g/mol. The number of rotatable bonds is 2. The van der Waals surface area contributed by atoms with Crippen molar-refractivity contribution in [1.29, 1.82) is 0 Å². The van der Waals surface area contributed by atoms with Crippen LogP contribution in [0.25, 0.3) is 11.6 Å². The Kier molecular flexibility index (Phi) is 3.54. The molecule has 0 bridgehead atoms. The lowest BCUT2D eigenvalue weighted by Gasteiger charge is -2.27. The Labute approximate surface area is 159 Å². The summed E-state index contributed by atoms with van der Waals surface area (Å²) in [5, 5.41) is 0. The Morgan fingerprint density at radius 1 is 0.889 bits per heavy atom. The molecule has 3 aromatic rings. The van der Waals surface area contributed by atoms with E-state index in [2.05, 4.69) is 30.3 Å². The quantitative estimate of drug-likeness (QED) is 0.624. The van der Waals surface area contributed by atoms with Gasteiger partial charge in [0.25, 0.3) is 0 Å². The third-order valence-corrected chi connectivity index (χ3v) is 5.95. The van der Waals surface area contributed by atoms with Gasteiger partial charge in [-0.05, 0) is 47.2 Å². The van der Waals surface area contributed by atoms with Gasteiger partial charge in [0.1, 0.15) is 5.75 Å². The van der Waals surface area contributed by atoms with E-state index in [1.807, 2.05) is 48.5 Å². The number of hydrogen-bond acceptors (Lipinski definition) is 2. The van der Waals surface area contributed by atoms with E-state index >= 15 is 0 Å². The van der Waals surface area contributed by atoms with Crippen molar-refractivity contribution in [3.05, 3.63) is 101 Å². The van der Waals surface area contributed by atoms with E-state index < -0.39 is 5.41 Å². The molecule has 3 aromatic carbocycles. The summed E-state index contributed by atoms with van der Waals surface area (Å²) in [6.45, 7) is 0. The number of benzene rings is 3. The summed E-state index contributed by atoms with van der Waals surface area (Å²) in [6.07, 6.45) is 3.86.